The van der Waals surface area contributed by atoms with E-state index in [1.54, 1.807) is 11.1 Å². The van der Waals surface area contributed by atoms with Crippen LogP contribution in [-0.2, 0) is 12.8 Å². The standard InChI is InChI=1S/C12H16/c1-9-3-5-12-8-10(2)4-6-11(12)7-9/h3,5,7,10H,4,6,8H2,1-2H3/t10-/m0/s1. The second kappa shape index (κ2) is 2.93. The van der Waals surface area contributed by atoms with Crippen LogP contribution in [0.25, 0.3) is 0 Å². The monoisotopic (exact) mass is 160 g/mol. The third-order valence-electron chi connectivity index (χ3n) is 2.84. The van der Waals surface area contributed by atoms with Crippen LogP contribution in [0.5, 0.6) is 0 Å². The molecule has 0 nitrogen and oxygen atoms in total. The normalized spacial score (nSPS) is 22.0. The number of hydrogen-bond donors (Lipinski definition) is 0. The fourth-order valence-electron chi connectivity index (χ4n) is 2.07. The van der Waals surface area contributed by atoms with E-state index in [2.05, 4.69) is 32.0 Å². The molecule has 1 aliphatic carbocycles. The lowest BCUT2D eigenvalue weighted by Gasteiger charge is -2.21. The summed E-state index contributed by atoms with van der Waals surface area (Å²) in [6.07, 6.45) is 3.95. The van der Waals surface area contributed by atoms with E-state index >= 15 is 0 Å². The summed E-state index contributed by atoms with van der Waals surface area (Å²) in [5, 5.41) is 0. The molecule has 0 saturated carbocycles. The summed E-state index contributed by atoms with van der Waals surface area (Å²) in [6.45, 7) is 4.53. The van der Waals surface area contributed by atoms with Gasteiger partial charge in [-0.1, -0.05) is 30.7 Å². The molecule has 0 N–H and O–H groups in total. The number of benzene rings is 1. The predicted molar refractivity (Wildman–Crippen MR) is 52.4 cm³/mol. The number of fused-ring (bicyclic) bond motifs is 1. The molecule has 1 aliphatic rings. The lowest BCUT2D eigenvalue weighted by Crippen LogP contribution is -2.10. The molecule has 0 heterocycles. The Morgan fingerprint density at radius 3 is 2.92 bits per heavy atom. The van der Waals surface area contributed by atoms with Gasteiger partial charge in [-0.2, -0.15) is 0 Å². The van der Waals surface area contributed by atoms with Crippen LogP contribution in [0.2, 0.25) is 0 Å². The molecule has 12 heavy (non-hydrogen) atoms. The highest BCUT2D eigenvalue weighted by Gasteiger charge is 2.14. The largest absolute Gasteiger partial charge is 0.0622 e. The Morgan fingerprint density at radius 2 is 2.08 bits per heavy atom. The van der Waals surface area contributed by atoms with Gasteiger partial charge in [0.15, 0.2) is 0 Å². The number of aryl methyl sites for hydroxylation is 2. The first kappa shape index (κ1) is 7.85. The van der Waals surface area contributed by atoms with Gasteiger partial charge in [-0.05, 0) is 43.2 Å². The lowest BCUT2D eigenvalue weighted by atomic mass is 9.84. The van der Waals surface area contributed by atoms with Crippen LogP contribution < -0.4 is 0 Å². The second-order valence-electron chi connectivity index (χ2n) is 4.12. The van der Waals surface area contributed by atoms with E-state index in [1.165, 1.54) is 24.8 Å². The maximum absolute atomic E-state index is 2.35. The number of hydrogen-bond acceptors (Lipinski definition) is 0. The second-order valence-corrected chi connectivity index (χ2v) is 4.12. The van der Waals surface area contributed by atoms with E-state index in [-0.39, 0.29) is 0 Å². The van der Waals surface area contributed by atoms with Crippen molar-refractivity contribution in [2.75, 3.05) is 0 Å². The van der Waals surface area contributed by atoms with E-state index in [1.807, 2.05) is 0 Å². The average Bonchev–Trinajstić information content (AvgIpc) is 2.05. The van der Waals surface area contributed by atoms with E-state index in [0.717, 1.165) is 5.92 Å². The minimum Gasteiger partial charge on any atom is -0.0622 e. The predicted octanol–water partition coefficient (Wildman–Crippen LogP) is 3.12. The molecule has 0 aliphatic heterocycles. The van der Waals surface area contributed by atoms with Crippen molar-refractivity contribution in [1.29, 1.82) is 0 Å². The maximum Gasteiger partial charge on any atom is -0.0250 e. The molecule has 0 spiro atoms. The highest BCUT2D eigenvalue weighted by atomic mass is 14.2. The minimum absolute atomic E-state index is 0.889. The maximum atomic E-state index is 2.35. The van der Waals surface area contributed by atoms with Crippen molar-refractivity contribution < 1.29 is 0 Å². The zero-order chi connectivity index (χ0) is 8.55. The van der Waals surface area contributed by atoms with Crippen molar-refractivity contribution in [3.05, 3.63) is 34.9 Å². The van der Waals surface area contributed by atoms with Crippen LogP contribution in [-0.4, -0.2) is 0 Å². The summed E-state index contributed by atoms with van der Waals surface area (Å²) in [6, 6.07) is 6.89. The zero-order valence-electron chi connectivity index (χ0n) is 7.93. The fourth-order valence-corrected chi connectivity index (χ4v) is 2.07. The van der Waals surface area contributed by atoms with E-state index in [4.69, 9.17) is 0 Å². The molecule has 0 aromatic heterocycles. The van der Waals surface area contributed by atoms with Crippen LogP contribution in [0.4, 0.5) is 0 Å². The summed E-state index contributed by atoms with van der Waals surface area (Å²) < 4.78 is 0. The highest BCUT2D eigenvalue weighted by molar-refractivity contribution is 5.33. The Balaban J connectivity index is 2.37. The molecule has 0 amide bonds. The van der Waals surface area contributed by atoms with Crippen molar-refractivity contribution in [2.45, 2.75) is 33.1 Å². The van der Waals surface area contributed by atoms with Gasteiger partial charge in [0.05, 0.1) is 0 Å². The summed E-state index contributed by atoms with van der Waals surface area (Å²) in [4.78, 5) is 0. The first-order valence-electron chi connectivity index (χ1n) is 4.84. The minimum atomic E-state index is 0.889. The molecule has 0 fully saturated rings. The molecule has 1 aromatic carbocycles. The molecule has 0 unspecified atom stereocenters. The number of rotatable bonds is 0. The Bertz CT molecular complexity index is 286. The molecule has 0 bridgehead atoms. The smallest absolute Gasteiger partial charge is 0.0250 e. The molecule has 1 atom stereocenters. The van der Waals surface area contributed by atoms with Gasteiger partial charge in [0.2, 0.25) is 0 Å². The first-order chi connectivity index (χ1) is 5.75. The Morgan fingerprint density at radius 1 is 1.25 bits per heavy atom. The SMILES string of the molecule is Cc1ccc2c(c1)CC[C@H](C)C2. The molecule has 0 radical (unpaired) electrons. The van der Waals surface area contributed by atoms with Crippen LogP contribution >= 0.6 is 0 Å². The van der Waals surface area contributed by atoms with Crippen LogP contribution in [0.15, 0.2) is 18.2 Å². The van der Waals surface area contributed by atoms with Gasteiger partial charge in [-0.25, -0.2) is 0 Å². The Labute approximate surface area is 74.6 Å². The molecule has 1 aromatic rings. The highest BCUT2D eigenvalue weighted by Crippen LogP contribution is 2.25. The topological polar surface area (TPSA) is 0 Å². The molecule has 2 rings (SSSR count). The van der Waals surface area contributed by atoms with Gasteiger partial charge in [0.1, 0.15) is 0 Å². The summed E-state index contributed by atoms with van der Waals surface area (Å²) >= 11 is 0. The van der Waals surface area contributed by atoms with Crippen LogP contribution in [0.1, 0.15) is 30.0 Å². The van der Waals surface area contributed by atoms with E-state index < -0.39 is 0 Å². The zero-order valence-corrected chi connectivity index (χ0v) is 7.93. The van der Waals surface area contributed by atoms with Gasteiger partial charge in [-0.3, -0.25) is 0 Å². The molecular weight excluding hydrogens is 144 g/mol. The van der Waals surface area contributed by atoms with Crippen LogP contribution in [0, 0.1) is 12.8 Å². The fraction of sp³-hybridized carbons (Fsp3) is 0.500. The third-order valence-corrected chi connectivity index (χ3v) is 2.84. The first-order valence-corrected chi connectivity index (χ1v) is 4.84. The average molecular weight is 160 g/mol. The quantitative estimate of drug-likeness (QED) is 0.547. The van der Waals surface area contributed by atoms with Gasteiger partial charge < -0.3 is 0 Å². The summed E-state index contributed by atoms with van der Waals surface area (Å²) in [5.41, 5.74) is 4.58. The Kier molecular flexibility index (Phi) is 1.92. The summed E-state index contributed by atoms with van der Waals surface area (Å²) in [7, 11) is 0. The summed E-state index contributed by atoms with van der Waals surface area (Å²) in [5.74, 6) is 0.889. The van der Waals surface area contributed by atoms with Crippen molar-refractivity contribution in [2.24, 2.45) is 5.92 Å². The lowest BCUT2D eigenvalue weighted by molar-refractivity contribution is 0.501. The van der Waals surface area contributed by atoms with Crippen molar-refractivity contribution >= 4 is 0 Å². The van der Waals surface area contributed by atoms with Crippen molar-refractivity contribution in [1.82, 2.24) is 0 Å². The van der Waals surface area contributed by atoms with Crippen molar-refractivity contribution in [3.63, 3.8) is 0 Å². The third kappa shape index (κ3) is 1.38. The molecule has 0 saturated heterocycles. The Hall–Kier alpha value is -0.780. The molecule has 64 valence electrons. The van der Waals surface area contributed by atoms with Crippen LogP contribution in [0.3, 0.4) is 0 Å². The molecule has 0 heteroatoms. The van der Waals surface area contributed by atoms with Gasteiger partial charge in [-0.15, -0.1) is 0 Å². The molecular formula is C12H16. The van der Waals surface area contributed by atoms with E-state index in [9.17, 15) is 0 Å². The van der Waals surface area contributed by atoms with Gasteiger partial charge >= 0.3 is 0 Å². The van der Waals surface area contributed by atoms with Gasteiger partial charge in [0, 0.05) is 0 Å². The van der Waals surface area contributed by atoms with Crippen molar-refractivity contribution in [3.8, 4) is 0 Å². The van der Waals surface area contributed by atoms with E-state index in [0.29, 0.717) is 0 Å². The van der Waals surface area contributed by atoms with Gasteiger partial charge in [0.25, 0.3) is 0 Å².